The van der Waals surface area contributed by atoms with Crippen LogP contribution in [0.25, 0.3) is 0 Å². The summed E-state index contributed by atoms with van der Waals surface area (Å²) in [5.41, 5.74) is 12.9. The van der Waals surface area contributed by atoms with Gasteiger partial charge in [0.2, 0.25) is 5.91 Å². The summed E-state index contributed by atoms with van der Waals surface area (Å²) in [5, 5.41) is 0. The Morgan fingerprint density at radius 3 is 2.35 bits per heavy atom. The highest BCUT2D eigenvalue weighted by Crippen LogP contribution is 2.22. The molecule has 1 aliphatic heterocycles. The lowest BCUT2D eigenvalue weighted by Crippen LogP contribution is -2.50. The largest absolute Gasteiger partial charge is 0.368 e. The van der Waals surface area contributed by atoms with Crippen molar-refractivity contribution in [3.63, 3.8) is 0 Å². The average molecular weight is 233 g/mol. The molecule has 4 nitrogen and oxygen atoms in total. The highest BCUT2D eigenvalue weighted by molar-refractivity contribution is 5.83. The zero-order valence-corrected chi connectivity index (χ0v) is 10.1. The number of benzene rings is 1. The summed E-state index contributed by atoms with van der Waals surface area (Å²) in [6.07, 6.45) is 0.594. The summed E-state index contributed by atoms with van der Waals surface area (Å²) < 4.78 is 0. The van der Waals surface area contributed by atoms with Gasteiger partial charge in [-0.15, -0.1) is 0 Å². The van der Waals surface area contributed by atoms with Gasteiger partial charge in [-0.25, -0.2) is 0 Å². The Labute approximate surface area is 102 Å². The molecular weight excluding hydrogens is 214 g/mol. The van der Waals surface area contributed by atoms with E-state index in [4.69, 9.17) is 11.5 Å². The molecular formula is C13H19N3O. The van der Waals surface area contributed by atoms with E-state index in [1.54, 1.807) is 6.92 Å². The summed E-state index contributed by atoms with van der Waals surface area (Å²) in [6, 6.07) is 8.40. The van der Waals surface area contributed by atoms with Crippen molar-refractivity contribution in [2.75, 3.05) is 6.54 Å². The monoisotopic (exact) mass is 233 g/mol. The van der Waals surface area contributed by atoms with Gasteiger partial charge in [0, 0.05) is 19.6 Å². The molecule has 1 unspecified atom stereocenters. The van der Waals surface area contributed by atoms with E-state index in [0.29, 0.717) is 6.42 Å². The lowest BCUT2D eigenvalue weighted by molar-refractivity contribution is -0.122. The minimum atomic E-state index is -0.908. The van der Waals surface area contributed by atoms with Gasteiger partial charge in [-0.1, -0.05) is 24.3 Å². The van der Waals surface area contributed by atoms with Crippen molar-refractivity contribution in [1.29, 1.82) is 0 Å². The van der Waals surface area contributed by atoms with Gasteiger partial charge in [0.05, 0.1) is 5.54 Å². The van der Waals surface area contributed by atoms with Crippen molar-refractivity contribution in [3.8, 4) is 0 Å². The van der Waals surface area contributed by atoms with E-state index >= 15 is 0 Å². The van der Waals surface area contributed by atoms with Gasteiger partial charge in [0.15, 0.2) is 0 Å². The molecule has 4 heteroatoms. The number of hydrogen-bond donors (Lipinski definition) is 2. The maximum atomic E-state index is 11.1. The first-order valence-electron chi connectivity index (χ1n) is 5.87. The van der Waals surface area contributed by atoms with Gasteiger partial charge >= 0.3 is 0 Å². The van der Waals surface area contributed by atoms with Crippen LogP contribution in [-0.2, 0) is 17.9 Å². The molecule has 1 heterocycles. The van der Waals surface area contributed by atoms with E-state index in [1.165, 1.54) is 11.1 Å². The van der Waals surface area contributed by atoms with Crippen molar-refractivity contribution in [2.24, 2.45) is 11.5 Å². The van der Waals surface area contributed by atoms with Crippen molar-refractivity contribution in [3.05, 3.63) is 35.4 Å². The number of amides is 1. The maximum absolute atomic E-state index is 11.1. The van der Waals surface area contributed by atoms with Crippen molar-refractivity contribution in [2.45, 2.75) is 32.0 Å². The fourth-order valence-corrected chi connectivity index (χ4v) is 2.08. The molecule has 17 heavy (non-hydrogen) atoms. The molecule has 1 aromatic rings. The molecule has 0 spiro atoms. The van der Waals surface area contributed by atoms with E-state index in [0.717, 1.165) is 19.6 Å². The van der Waals surface area contributed by atoms with E-state index in [2.05, 4.69) is 29.2 Å². The van der Waals surface area contributed by atoms with E-state index in [-0.39, 0.29) is 0 Å². The van der Waals surface area contributed by atoms with Crippen LogP contribution in [0.3, 0.4) is 0 Å². The number of fused-ring (bicyclic) bond motifs is 1. The van der Waals surface area contributed by atoms with Crippen molar-refractivity contribution >= 4 is 5.91 Å². The Hall–Kier alpha value is -1.39. The zero-order chi connectivity index (χ0) is 12.5. The quantitative estimate of drug-likeness (QED) is 0.799. The first-order valence-corrected chi connectivity index (χ1v) is 5.87. The molecule has 0 aliphatic carbocycles. The predicted octanol–water partition coefficient (Wildman–Crippen LogP) is 0.595. The molecule has 1 aliphatic rings. The average Bonchev–Trinajstić information content (AvgIpc) is 2.69. The molecule has 0 fully saturated rings. The summed E-state index contributed by atoms with van der Waals surface area (Å²) >= 11 is 0. The van der Waals surface area contributed by atoms with Crippen molar-refractivity contribution in [1.82, 2.24) is 4.90 Å². The van der Waals surface area contributed by atoms with Crippen LogP contribution in [0.1, 0.15) is 24.5 Å². The van der Waals surface area contributed by atoms with Crippen LogP contribution in [0.4, 0.5) is 0 Å². The fourth-order valence-electron chi connectivity index (χ4n) is 2.08. The molecule has 0 radical (unpaired) electrons. The number of rotatable bonds is 4. The highest BCUT2D eigenvalue weighted by atomic mass is 16.1. The van der Waals surface area contributed by atoms with Crippen molar-refractivity contribution < 1.29 is 4.79 Å². The molecule has 1 aromatic carbocycles. The Bertz CT molecular complexity index is 403. The molecule has 0 aromatic heterocycles. The second-order valence-corrected chi connectivity index (χ2v) is 5.01. The minimum absolute atomic E-state index is 0.436. The van der Waals surface area contributed by atoms with Crippen LogP contribution >= 0.6 is 0 Å². The smallest absolute Gasteiger partial charge is 0.237 e. The van der Waals surface area contributed by atoms with Gasteiger partial charge in [0.25, 0.3) is 0 Å². The van der Waals surface area contributed by atoms with Crippen LogP contribution in [0.2, 0.25) is 0 Å². The van der Waals surface area contributed by atoms with Gasteiger partial charge in [-0.05, 0) is 24.5 Å². The standard InChI is InChI=1S/C13H19N3O/c1-13(15,12(14)17)6-7-16-8-10-4-2-3-5-11(10)9-16/h2-5H,6-9,15H2,1H3,(H2,14,17). The van der Waals surface area contributed by atoms with Crippen LogP contribution < -0.4 is 11.5 Å². The second kappa shape index (κ2) is 4.47. The van der Waals surface area contributed by atoms with E-state index < -0.39 is 11.4 Å². The summed E-state index contributed by atoms with van der Waals surface area (Å²) in [4.78, 5) is 13.4. The predicted molar refractivity (Wildman–Crippen MR) is 67.0 cm³/mol. The summed E-state index contributed by atoms with van der Waals surface area (Å²) in [6.45, 7) is 4.36. The molecule has 4 N–H and O–H groups in total. The maximum Gasteiger partial charge on any atom is 0.237 e. The molecule has 2 rings (SSSR count). The minimum Gasteiger partial charge on any atom is -0.368 e. The van der Waals surface area contributed by atoms with Crippen LogP contribution in [0, 0.1) is 0 Å². The Morgan fingerprint density at radius 1 is 1.35 bits per heavy atom. The first kappa shape index (κ1) is 12.1. The Morgan fingerprint density at radius 2 is 1.88 bits per heavy atom. The zero-order valence-electron chi connectivity index (χ0n) is 10.1. The van der Waals surface area contributed by atoms with Gasteiger partial charge in [-0.3, -0.25) is 9.69 Å². The Balaban J connectivity index is 1.91. The van der Waals surface area contributed by atoms with Crippen LogP contribution in [0.5, 0.6) is 0 Å². The highest BCUT2D eigenvalue weighted by Gasteiger charge is 2.27. The molecule has 0 saturated heterocycles. The lowest BCUT2D eigenvalue weighted by atomic mass is 9.98. The third kappa shape index (κ3) is 2.65. The normalized spacial score (nSPS) is 18.7. The number of carbonyl (C=O) groups is 1. The second-order valence-electron chi connectivity index (χ2n) is 5.01. The molecule has 0 saturated carbocycles. The molecule has 0 bridgehead atoms. The lowest BCUT2D eigenvalue weighted by Gasteiger charge is -2.24. The topological polar surface area (TPSA) is 72.3 Å². The van der Waals surface area contributed by atoms with E-state index in [9.17, 15) is 4.79 Å². The molecule has 92 valence electrons. The van der Waals surface area contributed by atoms with Crippen LogP contribution in [-0.4, -0.2) is 22.9 Å². The summed E-state index contributed by atoms with van der Waals surface area (Å²) in [5.74, 6) is -0.436. The van der Waals surface area contributed by atoms with Gasteiger partial charge < -0.3 is 11.5 Å². The third-order valence-electron chi connectivity index (χ3n) is 3.42. The first-order chi connectivity index (χ1) is 7.99. The van der Waals surface area contributed by atoms with Crippen LogP contribution in [0.15, 0.2) is 24.3 Å². The SMILES string of the molecule is CC(N)(CCN1Cc2ccccc2C1)C(N)=O. The number of carbonyl (C=O) groups excluding carboxylic acids is 1. The third-order valence-corrected chi connectivity index (χ3v) is 3.42. The molecule has 1 atom stereocenters. The Kier molecular flexibility index (Phi) is 3.17. The molecule has 1 amide bonds. The number of primary amides is 1. The van der Waals surface area contributed by atoms with Gasteiger partial charge in [-0.2, -0.15) is 0 Å². The number of nitrogens with zero attached hydrogens (tertiary/aromatic N) is 1. The number of nitrogens with two attached hydrogens (primary N) is 2. The van der Waals surface area contributed by atoms with Gasteiger partial charge in [0.1, 0.15) is 0 Å². The summed E-state index contributed by atoms with van der Waals surface area (Å²) in [7, 11) is 0. The van der Waals surface area contributed by atoms with E-state index in [1.807, 2.05) is 0 Å². The number of hydrogen-bond acceptors (Lipinski definition) is 3. The fraction of sp³-hybridized carbons (Fsp3) is 0.462.